The quantitative estimate of drug-likeness (QED) is 0.846. The Morgan fingerprint density at radius 1 is 1.52 bits per heavy atom. The molecule has 5 nitrogen and oxygen atoms in total. The molecule has 2 fully saturated rings. The summed E-state index contributed by atoms with van der Waals surface area (Å²) in [5.41, 5.74) is 0.0203. The fourth-order valence-electron chi connectivity index (χ4n) is 3.78. The van der Waals surface area contributed by atoms with Crippen LogP contribution in [0.2, 0.25) is 0 Å². The third kappa shape index (κ3) is 3.28. The number of hydrogen-bond acceptors (Lipinski definition) is 3. The van der Waals surface area contributed by atoms with E-state index in [0.29, 0.717) is 24.9 Å². The standard InChI is InChI=1S/C16H21F2N3O2/c1-2-21-13(3-6-19-21)14(23)20-12(9-22)11-7-15(4-5-15)10-16(17,18)8-11/h3,6,9,11-12H,2,4-5,7-8,10H2,1H3,(H,20,23). The Morgan fingerprint density at radius 3 is 2.87 bits per heavy atom. The van der Waals surface area contributed by atoms with Crippen LogP contribution in [0, 0.1) is 11.3 Å². The third-order valence-corrected chi connectivity index (χ3v) is 5.05. The van der Waals surface area contributed by atoms with Gasteiger partial charge in [0.1, 0.15) is 12.0 Å². The van der Waals surface area contributed by atoms with Crippen molar-refractivity contribution < 1.29 is 18.4 Å². The minimum absolute atomic E-state index is 0.0847. The Labute approximate surface area is 133 Å². The molecule has 0 aliphatic heterocycles. The van der Waals surface area contributed by atoms with E-state index in [1.165, 1.54) is 10.9 Å². The predicted molar refractivity (Wildman–Crippen MR) is 79.2 cm³/mol. The van der Waals surface area contributed by atoms with Gasteiger partial charge in [-0.3, -0.25) is 9.48 Å². The van der Waals surface area contributed by atoms with Gasteiger partial charge in [-0.15, -0.1) is 0 Å². The molecule has 3 rings (SSSR count). The molecular weight excluding hydrogens is 304 g/mol. The van der Waals surface area contributed by atoms with Gasteiger partial charge in [0.15, 0.2) is 0 Å². The Balaban J connectivity index is 1.72. The van der Waals surface area contributed by atoms with Crippen LogP contribution in [0.25, 0.3) is 0 Å². The number of nitrogens with zero attached hydrogens (tertiary/aromatic N) is 2. The first-order valence-electron chi connectivity index (χ1n) is 8.04. The lowest BCUT2D eigenvalue weighted by atomic mass is 9.74. The van der Waals surface area contributed by atoms with Crippen molar-refractivity contribution in [3.8, 4) is 0 Å². The van der Waals surface area contributed by atoms with E-state index in [1.54, 1.807) is 6.07 Å². The van der Waals surface area contributed by atoms with E-state index in [2.05, 4.69) is 10.4 Å². The van der Waals surface area contributed by atoms with Gasteiger partial charge in [0, 0.05) is 25.6 Å². The van der Waals surface area contributed by atoms with Crippen LogP contribution < -0.4 is 5.32 Å². The maximum atomic E-state index is 14.0. The van der Waals surface area contributed by atoms with Gasteiger partial charge in [0.25, 0.3) is 5.91 Å². The Morgan fingerprint density at radius 2 is 2.26 bits per heavy atom. The molecule has 0 bridgehead atoms. The molecule has 7 heteroatoms. The molecule has 1 spiro atoms. The molecule has 0 saturated heterocycles. The molecule has 1 heterocycles. The SMILES string of the molecule is CCn1nccc1C(=O)NC(C=O)C1CC(F)(F)CC2(CC2)C1. The van der Waals surface area contributed by atoms with E-state index < -0.39 is 23.8 Å². The molecule has 2 aliphatic carbocycles. The molecule has 1 aromatic rings. The molecule has 1 N–H and O–H groups in total. The van der Waals surface area contributed by atoms with Gasteiger partial charge in [0.05, 0.1) is 6.04 Å². The second-order valence-corrected chi connectivity index (χ2v) is 6.87. The van der Waals surface area contributed by atoms with Crippen molar-refractivity contribution in [3.63, 3.8) is 0 Å². The first-order valence-corrected chi connectivity index (χ1v) is 8.04. The number of hydrogen-bond donors (Lipinski definition) is 1. The number of halogens is 2. The van der Waals surface area contributed by atoms with Gasteiger partial charge in [-0.2, -0.15) is 5.10 Å². The number of nitrogens with one attached hydrogen (secondary N) is 1. The number of carbonyl (C=O) groups is 2. The normalized spacial score (nSPS) is 25.8. The second-order valence-electron chi connectivity index (χ2n) is 6.87. The van der Waals surface area contributed by atoms with Gasteiger partial charge < -0.3 is 10.1 Å². The summed E-state index contributed by atoms with van der Waals surface area (Å²) in [6, 6.07) is 0.671. The number of aromatic nitrogens is 2. The minimum Gasteiger partial charge on any atom is -0.341 e. The second kappa shape index (κ2) is 5.69. The van der Waals surface area contributed by atoms with Crippen LogP contribution in [-0.4, -0.2) is 33.9 Å². The molecule has 2 aliphatic rings. The van der Waals surface area contributed by atoms with Crippen LogP contribution in [-0.2, 0) is 11.3 Å². The molecule has 1 amide bonds. The molecule has 23 heavy (non-hydrogen) atoms. The zero-order chi connectivity index (χ0) is 16.7. The van der Waals surface area contributed by atoms with Crippen molar-refractivity contribution in [1.82, 2.24) is 15.1 Å². The van der Waals surface area contributed by atoms with Crippen molar-refractivity contribution in [2.75, 3.05) is 0 Å². The van der Waals surface area contributed by atoms with Gasteiger partial charge in [0.2, 0.25) is 5.92 Å². The highest BCUT2D eigenvalue weighted by Gasteiger charge is 2.56. The lowest BCUT2D eigenvalue weighted by molar-refractivity contribution is -0.115. The van der Waals surface area contributed by atoms with Crippen LogP contribution >= 0.6 is 0 Å². The number of aldehydes is 1. The van der Waals surface area contributed by atoms with Gasteiger partial charge >= 0.3 is 0 Å². The highest BCUT2D eigenvalue weighted by atomic mass is 19.3. The van der Waals surface area contributed by atoms with Crippen LogP contribution in [0.4, 0.5) is 8.78 Å². The summed E-state index contributed by atoms with van der Waals surface area (Å²) in [5.74, 6) is -3.71. The summed E-state index contributed by atoms with van der Waals surface area (Å²) in [4.78, 5) is 23.7. The molecule has 1 aromatic heterocycles. The fraction of sp³-hybridized carbons (Fsp3) is 0.688. The summed E-state index contributed by atoms with van der Waals surface area (Å²) >= 11 is 0. The lowest BCUT2D eigenvalue weighted by Gasteiger charge is -2.37. The topological polar surface area (TPSA) is 64.0 Å². The van der Waals surface area contributed by atoms with Crippen molar-refractivity contribution in [3.05, 3.63) is 18.0 Å². The number of carbonyl (C=O) groups excluding carboxylic acids is 2. The molecular formula is C16H21F2N3O2. The third-order valence-electron chi connectivity index (χ3n) is 5.05. The van der Waals surface area contributed by atoms with Crippen molar-refractivity contribution >= 4 is 12.2 Å². The molecule has 2 saturated carbocycles. The first kappa shape index (κ1) is 16.1. The monoisotopic (exact) mass is 325 g/mol. The zero-order valence-electron chi connectivity index (χ0n) is 13.1. The first-order chi connectivity index (χ1) is 10.9. The summed E-state index contributed by atoms with van der Waals surface area (Å²) in [5, 5.41) is 6.62. The largest absolute Gasteiger partial charge is 0.341 e. The maximum Gasteiger partial charge on any atom is 0.270 e. The van der Waals surface area contributed by atoms with Crippen LogP contribution in [0.5, 0.6) is 0 Å². The highest BCUT2D eigenvalue weighted by Crippen LogP contribution is 2.61. The number of amides is 1. The van der Waals surface area contributed by atoms with Crippen molar-refractivity contribution in [2.45, 2.75) is 57.5 Å². The van der Waals surface area contributed by atoms with Crippen LogP contribution in [0.15, 0.2) is 12.3 Å². The van der Waals surface area contributed by atoms with Gasteiger partial charge in [-0.05, 0) is 43.6 Å². The molecule has 0 aromatic carbocycles. The summed E-state index contributed by atoms with van der Waals surface area (Å²) in [7, 11) is 0. The highest BCUT2D eigenvalue weighted by molar-refractivity contribution is 5.94. The smallest absolute Gasteiger partial charge is 0.270 e. The number of rotatable bonds is 5. The molecule has 126 valence electrons. The predicted octanol–water partition coefficient (Wildman–Crippen LogP) is 2.42. The van der Waals surface area contributed by atoms with E-state index in [1.807, 2.05) is 6.92 Å². The maximum absolute atomic E-state index is 14.0. The average molecular weight is 325 g/mol. The summed E-state index contributed by atoms with van der Waals surface area (Å²) < 4.78 is 29.5. The number of aryl methyl sites for hydroxylation is 1. The van der Waals surface area contributed by atoms with E-state index in [4.69, 9.17) is 0 Å². The summed E-state index contributed by atoms with van der Waals surface area (Å²) in [6.07, 6.45) is 3.83. The van der Waals surface area contributed by atoms with Crippen molar-refractivity contribution in [1.29, 1.82) is 0 Å². The Kier molecular flexibility index (Phi) is 3.98. The fourth-order valence-corrected chi connectivity index (χ4v) is 3.78. The van der Waals surface area contributed by atoms with E-state index in [0.717, 1.165) is 12.8 Å². The van der Waals surface area contributed by atoms with Crippen LogP contribution in [0.3, 0.4) is 0 Å². The van der Waals surface area contributed by atoms with Gasteiger partial charge in [-0.25, -0.2) is 8.78 Å². The Hall–Kier alpha value is -1.79. The van der Waals surface area contributed by atoms with E-state index in [9.17, 15) is 18.4 Å². The van der Waals surface area contributed by atoms with E-state index >= 15 is 0 Å². The van der Waals surface area contributed by atoms with Crippen LogP contribution in [0.1, 0.15) is 49.5 Å². The number of alkyl halides is 2. The zero-order valence-corrected chi connectivity index (χ0v) is 13.1. The van der Waals surface area contributed by atoms with E-state index in [-0.39, 0.29) is 18.3 Å². The van der Waals surface area contributed by atoms with Crippen molar-refractivity contribution in [2.24, 2.45) is 11.3 Å². The molecule has 2 atom stereocenters. The summed E-state index contributed by atoms with van der Waals surface area (Å²) in [6.45, 7) is 2.37. The Bertz CT molecular complexity index is 604. The van der Waals surface area contributed by atoms with Gasteiger partial charge in [-0.1, -0.05) is 0 Å². The molecule has 0 radical (unpaired) electrons. The lowest BCUT2D eigenvalue weighted by Crippen LogP contribution is -2.47. The minimum atomic E-state index is -2.75. The molecule has 2 unspecified atom stereocenters. The average Bonchev–Trinajstić information content (AvgIpc) is 3.03.